The van der Waals surface area contributed by atoms with E-state index in [9.17, 15) is 0 Å². The second-order valence-corrected chi connectivity index (χ2v) is 5.40. The van der Waals surface area contributed by atoms with Crippen molar-refractivity contribution in [3.63, 3.8) is 0 Å². The molecule has 1 aromatic heterocycles. The van der Waals surface area contributed by atoms with E-state index < -0.39 is 0 Å². The third kappa shape index (κ3) is 3.68. The summed E-state index contributed by atoms with van der Waals surface area (Å²) in [4.78, 5) is 5.62. The van der Waals surface area contributed by atoms with Gasteiger partial charge < -0.3 is 9.55 Å². The zero-order valence-corrected chi connectivity index (χ0v) is 12.5. The summed E-state index contributed by atoms with van der Waals surface area (Å²) in [6.07, 6.45) is 3.05. The van der Waals surface area contributed by atoms with Crippen molar-refractivity contribution in [2.45, 2.75) is 59.7 Å². The smallest absolute Gasteiger partial charge is 0.177 e. The first-order valence-electron chi connectivity index (χ1n) is 6.50. The maximum absolute atomic E-state index is 5.31. The summed E-state index contributed by atoms with van der Waals surface area (Å²) in [6, 6.07) is 1.15. The molecule has 0 saturated carbocycles. The maximum Gasteiger partial charge on any atom is 0.177 e. The SMILES string of the molecule is CCc1c[nH]c(=S)n1CCN(C(C)C)C(C)C. The zero-order chi connectivity index (χ0) is 13.0. The molecular weight excluding hydrogens is 230 g/mol. The van der Waals surface area contributed by atoms with Gasteiger partial charge in [-0.2, -0.15) is 0 Å². The highest BCUT2D eigenvalue weighted by atomic mass is 32.1. The van der Waals surface area contributed by atoms with Gasteiger partial charge in [-0.25, -0.2) is 0 Å². The van der Waals surface area contributed by atoms with Gasteiger partial charge in [0, 0.05) is 37.1 Å². The number of aryl methyl sites for hydroxylation is 1. The minimum absolute atomic E-state index is 0.577. The molecular formula is C13H25N3S. The van der Waals surface area contributed by atoms with Crippen molar-refractivity contribution >= 4 is 12.2 Å². The molecule has 1 rings (SSSR count). The monoisotopic (exact) mass is 255 g/mol. The van der Waals surface area contributed by atoms with Crippen LogP contribution in [0.3, 0.4) is 0 Å². The van der Waals surface area contributed by atoms with Gasteiger partial charge >= 0.3 is 0 Å². The second kappa shape index (κ2) is 6.36. The fourth-order valence-corrected chi connectivity index (χ4v) is 2.57. The number of aromatic amines is 1. The molecule has 0 unspecified atom stereocenters. The van der Waals surface area contributed by atoms with Crippen LogP contribution >= 0.6 is 12.2 Å². The van der Waals surface area contributed by atoms with Crippen LogP contribution in [0.4, 0.5) is 0 Å². The van der Waals surface area contributed by atoms with Crippen LogP contribution < -0.4 is 0 Å². The first-order valence-corrected chi connectivity index (χ1v) is 6.91. The average Bonchev–Trinajstić information content (AvgIpc) is 2.59. The number of H-pyrrole nitrogens is 1. The second-order valence-electron chi connectivity index (χ2n) is 5.02. The third-order valence-corrected chi connectivity index (χ3v) is 3.56. The van der Waals surface area contributed by atoms with Crippen LogP contribution in [-0.2, 0) is 13.0 Å². The molecule has 1 N–H and O–H groups in total. The van der Waals surface area contributed by atoms with Crippen molar-refractivity contribution < 1.29 is 0 Å². The highest BCUT2D eigenvalue weighted by Crippen LogP contribution is 2.08. The van der Waals surface area contributed by atoms with Crippen LogP contribution in [0.2, 0.25) is 0 Å². The molecule has 17 heavy (non-hydrogen) atoms. The Labute approximate surface area is 110 Å². The predicted octanol–water partition coefficient (Wildman–Crippen LogP) is 3.23. The van der Waals surface area contributed by atoms with Gasteiger partial charge in [-0.1, -0.05) is 6.92 Å². The lowest BCUT2D eigenvalue weighted by Gasteiger charge is -2.30. The van der Waals surface area contributed by atoms with Gasteiger partial charge in [0.05, 0.1) is 0 Å². The van der Waals surface area contributed by atoms with Gasteiger partial charge in [0.1, 0.15) is 0 Å². The Morgan fingerprint density at radius 1 is 1.29 bits per heavy atom. The fourth-order valence-electron chi connectivity index (χ4n) is 2.30. The van der Waals surface area contributed by atoms with Crippen molar-refractivity contribution in [2.24, 2.45) is 0 Å². The average molecular weight is 255 g/mol. The standard InChI is InChI=1S/C13H25N3S/c1-6-12-9-14-13(17)16(12)8-7-15(10(2)3)11(4)5/h9-11H,6-8H2,1-5H3,(H,14,17). The van der Waals surface area contributed by atoms with Gasteiger partial charge in [-0.3, -0.25) is 4.90 Å². The first-order chi connectivity index (χ1) is 7.97. The lowest BCUT2D eigenvalue weighted by atomic mass is 10.2. The molecule has 1 aromatic rings. The van der Waals surface area contributed by atoms with E-state index in [1.54, 1.807) is 0 Å². The highest BCUT2D eigenvalue weighted by molar-refractivity contribution is 7.71. The van der Waals surface area contributed by atoms with Crippen LogP contribution in [0, 0.1) is 4.77 Å². The summed E-state index contributed by atoms with van der Waals surface area (Å²) in [5.74, 6) is 0. The van der Waals surface area contributed by atoms with Gasteiger partial charge in [0.2, 0.25) is 0 Å². The fraction of sp³-hybridized carbons (Fsp3) is 0.769. The lowest BCUT2D eigenvalue weighted by molar-refractivity contribution is 0.167. The molecule has 0 aliphatic heterocycles. The quantitative estimate of drug-likeness (QED) is 0.789. The molecule has 0 amide bonds. The Hall–Kier alpha value is -0.610. The normalized spacial score (nSPS) is 12.0. The Bertz CT molecular complexity index is 382. The van der Waals surface area contributed by atoms with Crippen LogP contribution in [0.25, 0.3) is 0 Å². The molecule has 0 radical (unpaired) electrons. The Kier molecular flexibility index (Phi) is 5.40. The Morgan fingerprint density at radius 2 is 1.88 bits per heavy atom. The van der Waals surface area contributed by atoms with Crippen LogP contribution in [-0.4, -0.2) is 33.1 Å². The number of nitrogens with one attached hydrogen (secondary N) is 1. The largest absolute Gasteiger partial charge is 0.337 e. The number of aromatic nitrogens is 2. The van der Waals surface area contributed by atoms with E-state index in [2.05, 4.69) is 49.1 Å². The van der Waals surface area contributed by atoms with E-state index >= 15 is 0 Å². The first kappa shape index (κ1) is 14.5. The highest BCUT2D eigenvalue weighted by Gasteiger charge is 2.13. The summed E-state index contributed by atoms with van der Waals surface area (Å²) < 4.78 is 3.06. The molecule has 0 atom stereocenters. The van der Waals surface area contributed by atoms with E-state index in [0.717, 1.165) is 24.3 Å². The molecule has 0 aliphatic rings. The Morgan fingerprint density at radius 3 is 2.35 bits per heavy atom. The van der Waals surface area contributed by atoms with Crippen LogP contribution in [0.1, 0.15) is 40.3 Å². The molecule has 3 nitrogen and oxygen atoms in total. The zero-order valence-electron chi connectivity index (χ0n) is 11.7. The van der Waals surface area contributed by atoms with E-state index in [1.807, 2.05) is 6.20 Å². The number of hydrogen-bond acceptors (Lipinski definition) is 2. The summed E-state index contributed by atoms with van der Waals surface area (Å²) in [5.41, 5.74) is 1.29. The van der Waals surface area contributed by atoms with Crippen molar-refractivity contribution in [1.82, 2.24) is 14.5 Å². The van der Waals surface area contributed by atoms with E-state index in [4.69, 9.17) is 12.2 Å². The summed E-state index contributed by atoms with van der Waals surface area (Å²) >= 11 is 5.31. The molecule has 0 bridgehead atoms. The molecule has 98 valence electrons. The number of rotatable bonds is 6. The molecule has 1 heterocycles. The van der Waals surface area contributed by atoms with E-state index in [0.29, 0.717) is 12.1 Å². The summed E-state index contributed by atoms with van der Waals surface area (Å²) in [7, 11) is 0. The maximum atomic E-state index is 5.31. The minimum Gasteiger partial charge on any atom is -0.337 e. The lowest BCUT2D eigenvalue weighted by Crippen LogP contribution is -2.39. The van der Waals surface area contributed by atoms with Gasteiger partial charge in [0.15, 0.2) is 4.77 Å². The number of nitrogens with zero attached hydrogens (tertiary/aromatic N) is 2. The summed E-state index contributed by atoms with van der Waals surface area (Å²) in [5, 5.41) is 0. The molecule has 0 spiro atoms. The molecule has 0 fully saturated rings. The van der Waals surface area contributed by atoms with Gasteiger partial charge in [0.25, 0.3) is 0 Å². The number of imidazole rings is 1. The molecule has 4 heteroatoms. The van der Waals surface area contributed by atoms with Crippen molar-refractivity contribution in [3.8, 4) is 0 Å². The Balaban J connectivity index is 2.71. The predicted molar refractivity (Wildman–Crippen MR) is 76.0 cm³/mol. The summed E-state index contributed by atoms with van der Waals surface area (Å²) in [6.45, 7) is 13.2. The van der Waals surface area contributed by atoms with E-state index in [-0.39, 0.29) is 0 Å². The van der Waals surface area contributed by atoms with E-state index in [1.165, 1.54) is 5.69 Å². The topological polar surface area (TPSA) is 24.0 Å². The molecule has 0 saturated heterocycles. The van der Waals surface area contributed by atoms with Crippen LogP contribution in [0.5, 0.6) is 0 Å². The van der Waals surface area contributed by atoms with Gasteiger partial charge in [-0.05, 0) is 46.3 Å². The molecule has 0 aliphatic carbocycles. The number of hydrogen-bond donors (Lipinski definition) is 1. The van der Waals surface area contributed by atoms with Crippen molar-refractivity contribution in [3.05, 3.63) is 16.7 Å². The minimum atomic E-state index is 0.577. The van der Waals surface area contributed by atoms with Crippen molar-refractivity contribution in [1.29, 1.82) is 0 Å². The van der Waals surface area contributed by atoms with Crippen LogP contribution in [0.15, 0.2) is 6.20 Å². The third-order valence-electron chi connectivity index (χ3n) is 3.22. The van der Waals surface area contributed by atoms with Gasteiger partial charge in [-0.15, -0.1) is 0 Å². The molecule has 0 aromatic carbocycles. The van der Waals surface area contributed by atoms with Crippen molar-refractivity contribution in [2.75, 3.05) is 6.54 Å².